The summed E-state index contributed by atoms with van der Waals surface area (Å²) in [5, 5.41) is 0.853. The van der Waals surface area contributed by atoms with E-state index in [9.17, 15) is 9.59 Å². The van der Waals surface area contributed by atoms with Crippen LogP contribution in [0.1, 0.15) is 65.0 Å². The molecule has 1 unspecified atom stereocenters. The zero-order valence-electron chi connectivity index (χ0n) is 22.5. The average Bonchev–Trinajstić information content (AvgIpc) is 3.23. The highest BCUT2D eigenvalue weighted by atomic mass is 35.5. The Labute approximate surface area is 233 Å². The maximum absolute atomic E-state index is 13.8. The van der Waals surface area contributed by atoms with Crippen molar-refractivity contribution in [3.05, 3.63) is 104 Å². The van der Waals surface area contributed by atoms with Crippen molar-refractivity contribution in [2.75, 3.05) is 20.3 Å². The van der Waals surface area contributed by atoms with Crippen molar-refractivity contribution in [3.8, 4) is 11.5 Å². The predicted molar refractivity (Wildman–Crippen MR) is 153 cm³/mol. The number of benzene rings is 3. The summed E-state index contributed by atoms with van der Waals surface area (Å²) in [7, 11) is 1.63. The Bertz CT molecular complexity index is 1540. The number of ether oxygens (including phenoxy) is 2. The van der Waals surface area contributed by atoms with E-state index in [-0.39, 0.29) is 17.1 Å². The van der Waals surface area contributed by atoms with E-state index >= 15 is 0 Å². The van der Waals surface area contributed by atoms with Gasteiger partial charge in [0.15, 0.2) is 5.43 Å². The number of carbonyl (C=O) groups excluding carboxylic acids is 1. The van der Waals surface area contributed by atoms with E-state index < -0.39 is 6.04 Å². The molecule has 0 N–H and O–H groups in total. The van der Waals surface area contributed by atoms with Crippen molar-refractivity contribution in [3.63, 3.8) is 0 Å². The van der Waals surface area contributed by atoms with Crippen molar-refractivity contribution >= 4 is 28.5 Å². The second-order valence-electron chi connectivity index (χ2n) is 9.90. The molecule has 0 saturated heterocycles. The molecule has 6 nitrogen and oxygen atoms in total. The third kappa shape index (κ3) is 5.39. The minimum atomic E-state index is -0.583. The highest BCUT2D eigenvalue weighted by Crippen LogP contribution is 2.39. The molecule has 7 heteroatoms. The molecule has 0 aliphatic carbocycles. The van der Waals surface area contributed by atoms with Gasteiger partial charge >= 0.3 is 0 Å². The van der Waals surface area contributed by atoms with Gasteiger partial charge in [-0.05, 0) is 72.9 Å². The summed E-state index contributed by atoms with van der Waals surface area (Å²) in [6, 6.07) is 18.2. The molecular formula is C32H32ClNO5. The minimum Gasteiger partial charge on any atom is -0.497 e. The van der Waals surface area contributed by atoms with Crippen molar-refractivity contribution in [2.24, 2.45) is 0 Å². The lowest BCUT2D eigenvalue weighted by Crippen LogP contribution is -2.31. The molecule has 0 bridgehead atoms. The van der Waals surface area contributed by atoms with Crippen molar-refractivity contribution in [2.45, 2.75) is 45.6 Å². The molecule has 5 rings (SSSR count). The Morgan fingerprint density at radius 1 is 0.974 bits per heavy atom. The fraction of sp³-hybridized carbons (Fsp3) is 0.312. The van der Waals surface area contributed by atoms with Crippen LogP contribution in [0.5, 0.6) is 11.5 Å². The van der Waals surface area contributed by atoms with Gasteiger partial charge in [-0.1, -0.05) is 55.6 Å². The molecule has 1 aliphatic rings. The number of amides is 1. The molecule has 39 heavy (non-hydrogen) atoms. The van der Waals surface area contributed by atoms with Crippen LogP contribution in [-0.2, 0) is 6.42 Å². The first-order valence-electron chi connectivity index (χ1n) is 13.3. The quantitative estimate of drug-likeness (QED) is 0.198. The lowest BCUT2D eigenvalue weighted by Gasteiger charge is -2.25. The van der Waals surface area contributed by atoms with Gasteiger partial charge in [-0.15, -0.1) is 0 Å². The van der Waals surface area contributed by atoms with E-state index in [0.29, 0.717) is 41.1 Å². The summed E-state index contributed by atoms with van der Waals surface area (Å²) in [4.78, 5) is 29.3. The van der Waals surface area contributed by atoms with E-state index in [4.69, 9.17) is 25.5 Å². The van der Waals surface area contributed by atoms with E-state index in [1.165, 1.54) is 0 Å². The number of halogens is 1. The molecule has 4 aromatic rings. The smallest absolute Gasteiger partial charge is 0.290 e. The molecule has 0 spiro atoms. The highest BCUT2D eigenvalue weighted by molar-refractivity contribution is 6.32. The summed E-state index contributed by atoms with van der Waals surface area (Å²) < 4.78 is 17.3. The summed E-state index contributed by atoms with van der Waals surface area (Å²) in [6.45, 7) is 5.06. The van der Waals surface area contributed by atoms with Crippen LogP contribution >= 0.6 is 11.6 Å². The van der Waals surface area contributed by atoms with Gasteiger partial charge in [0.2, 0.25) is 5.76 Å². The van der Waals surface area contributed by atoms with E-state index in [0.717, 1.165) is 47.5 Å². The Morgan fingerprint density at radius 2 is 1.69 bits per heavy atom. The lowest BCUT2D eigenvalue weighted by atomic mass is 9.98. The number of methoxy groups -OCH3 is 1. The van der Waals surface area contributed by atoms with Crippen LogP contribution in [0.3, 0.4) is 0 Å². The highest BCUT2D eigenvalue weighted by Gasteiger charge is 2.42. The zero-order valence-corrected chi connectivity index (χ0v) is 23.2. The van der Waals surface area contributed by atoms with E-state index in [1.807, 2.05) is 55.5 Å². The number of fused-ring (bicyclic) bond motifs is 2. The monoisotopic (exact) mass is 545 g/mol. The molecule has 0 radical (unpaired) electrons. The summed E-state index contributed by atoms with van der Waals surface area (Å²) in [6.07, 6.45) is 3.86. The second kappa shape index (κ2) is 11.5. The summed E-state index contributed by atoms with van der Waals surface area (Å²) in [5.41, 5.74) is 3.13. The lowest BCUT2D eigenvalue weighted by molar-refractivity contribution is 0.0730. The standard InChI is InChI=1S/C32H32ClNO5/c1-4-5-6-17-38-24-13-9-22(10-14-24)29-28-30(35)25-19-26(33)20(2)18-27(25)39-31(28)32(36)34(29)16-15-21-7-11-23(37-3)12-8-21/h7-14,18-19,29H,4-6,15-17H2,1-3H3. The number of hydrogen-bond donors (Lipinski definition) is 0. The largest absolute Gasteiger partial charge is 0.497 e. The molecule has 1 amide bonds. The predicted octanol–water partition coefficient (Wildman–Crippen LogP) is 7.12. The van der Waals surface area contributed by atoms with Gasteiger partial charge in [-0.3, -0.25) is 9.59 Å². The summed E-state index contributed by atoms with van der Waals surface area (Å²) >= 11 is 6.36. The van der Waals surface area contributed by atoms with Gasteiger partial charge in [-0.25, -0.2) is 0 Å². The first-order valence-corrected chi connectivity index (χ1v) is 13.7. The maximum atomic E-state index is 13.8. The van der Waals surface area contributed by atoms with Gasteiger partial charge in [0.25, 0.3) is 5.91 Å². The van der Waals surface area contributed by atoms with E-state index in [2.05, 4.69) is 6.92 Å². The van der Waals surface area contributed by atoms with Crippen LogP contribution in [0.4, 0.5) is 0 Å². The number of unbranched alkanes of at least 4 members (excludes halogenated alkanes) is 2. The normalized spacial score (nSPS) is 14.6. The molecular weight excluding hydrogens is 514 g/mol. The van der Waals surface area contributed by atoms with Crippen LogP contribution in [0.25, 0.3) is 11.0 Å². The van der Waals surface area contributed by atoms with E-state index in [1.54, 1.807) is 24.1 Å². The SMILES string of the molecule is CCCCCOc1ccc(C2c3c(oc4cc(C)c(Cl)cc4c3=O)C(=O)N2CCc2ccc(OC)cc2)cc1. The molecule has 1 atom stereocenters. The first-order chi connectivity index (χ1) is 18.9. The Hall–Kier alpha value is -3.77. The molecule has 0 saturated carbocycles. The third-order valence-corrected chi connectivity index (χ3v) is 7.67. The number of rotatable bonds is 10. The van der Waals surface area contributed by atoms with Crippen molar-refractivity contribution < 1.29 is 18.7 Å². The zero-order chi connectivity index (χ0) is 27.5. The summed E-state index contributed by atoms with van der Waals surface area (Å²) in [5.74, 6) is 1.33. The van der Waals surface area contributed by atoms with Gasteiger partial charge in [0.1, 0.15) is 17.1 Å². The van der Waals surface area contributed by atoms with Gasteiger partial charge in [0.05, 0.1) is 30.7 Å². The van der Waals surface area contributed by atoms with Gasteiger partial charge in [0, 0.05) is 11.6 Å². The van der Waals surface area contributed by atoms with Crippen molar-refractivity contribution in [1.82, 2.24) is 4.90 Å². The molecule has 202 valence electrons. The van der Waals surface area contributed by atoms with Crippen LogP contribution in [0.2, 0.25) is 5.02 Å². The second-order valence-corrected chi connectivity index (χ2v) is 10.3. The fourth-order valence-corrected chi connectivity index (χ4v) is 5.21. The van der Waals surface area contributed by atoms with Crippen LogP contribution in [0, 0.1) is 6.92 Å². The Balaban J connectivity index is 1.52. The Kier molecular flexibility index (Phi) is 7.94. The van der Waals surface area contributed by atoms with Crippen LogP contribution < -0.4 is 14.9 Å². The number of aryl methyl sites for hydroxylation is 1. The number of carbonyl (C=O) groups is 1. The fourth-order valence-electron chi connectivity index (χ4n) is 5.05. The number of hydrogen-bond acceptors (Lipinski definition) is 5. The van der Waals surface area contributed by atoms with Crippen LogP contribution in [0.15, 0.2) is 69.9 Å². The molecule has 0 fully saturated rings. The maximum Gasteiger partial charge on any atom is 0.290 e. The van der Waals surface area contributed by atoms with Gasteiger partial charge < -0.3 is 18.8 Å². The third-order valence-electron chi connectivity index (χ3n) is 7.26. The molecule has 2 heterocycles. The molecule has 3 aromatic carbocycles. The van der Waals surface area contributed by atoms with Gasteiger partial charge in [-0.2, -0.15) is 0 Å². The Morgan fingerprint density at radius 3 is 2.38 bits per heavy atom. The number of nitrogens with zero attached hydrogens (tertiary/aromatic N) is 1. The van der Waals surface area contributed by atoms with Crippen LogP contribution in [-0.4, -0.2) is 31.1 Å². The van der Waals surface area contributed by atoms with Crippen molar-refractivity contribution in [1.29, 1.82) is 0 Å². The molecule has 1 aliphatic heterocycles. The topological polar surface area (TPSA) is 69.0 Å². The molecule has 1 aromatic heterocycles. The first kappa shape index (κ1) is 26.8. The average molecular weight is 546 g/mol. The minimum absolute atomic E-state index is 0.0915.